The van der Waals surface area contributed by atoms with E-state index in [0.717, 1.165) is 22.7 Å². The molecule has 1 aromatic carbocycles. The second-order valence-corrected chi connectivity index (χ2v) is 7.57. The van der Waals surface area contributed by atoms with Gasteiger partial charge in [-0.3, -0.25) is 4.72 Å². The molecule has 1 aromatic heterocycles. The van der Waals surface area contributed by atoms with E-state index in [0.29, 0.717) is 0 Å². The van der Waals surface area contributed by atoms with Gasteiger partial charge in [-0.25, -0.2) is 17.8 Å². The lowest BCUT2D eigenvalue weighted by Crippen LogP contribution is -2.13. The van der Waals surface area contributed by atoms with E-state index in [4.69, 9.17) is 16.7 Å². The number of hydrogen-bond donors (Lipinski definition) is 2. The van der Waals surface area contributed by atoms with Gasteiger partial charge in [0.1, 0.15) is 5.82 Å². The highest BCUT2D eigenvalue weighted by atomic mass is 35.5. The lowest BCUT2D eigenvalue weighted by molar-refractivity contribution is 0.281. The number of nitrogens with one attached hydrogen (secondary N) is 1. The Morgan fingerprint density at radius 1 is 1.43 bits per heavy atom. The highest BCUT2D eigenvalue weighted by molar-refractivity contribution is 7.93. The molecule has 5 nitrogen and oxygen atoms in total. The summed E-state index contributed by atoms with van der Waals surface area (Å²) >= 11 is 6.82. The molecule has 1 heterocycles. The quantitative estimate of drug-likeness (QED) is 0.888. The van der Waals surface area contributed by atoms with Crippen LogP contribution < -0.4 is 4.72 Å². The van der Waals surface area contributed by atoms with Crippen LogP contribution in [0.2, 0.25) is 5.02 Å². The third kappa shape index (κ3) is 3.34. The number of hydrogen-bond acceptors (Lipinski definition) is 5. The monoisotopic (exact) mass is 350 g/mol. The van der Waals surface area contributed by atoms with Gasteiger partial charge in [0.2, 0.25) is 0 Å². The first kappa shape index (κ1) is 16.2. The average Bonchev–Trinajstić information content (AvgIpc) is 2.70. The number of halogens is 2. The first-order valence-electron chi connectivity index (χ1n) is 5.80. The molecule has 0 amide bonds. The third-order valence-corrected chi connectivity index (χ3v) is 5.67. The van der Waals surface area contributed by atoms with E-state index in [1.54, 1.807) is 6.92 Å². The Morgan fingerprint density at radius 2 is 2.10 bits per heavy atom. The van der Waals surface area contributed by atoms with Gasteiger partial charge in [-0.2, -0.15) is 0 Å². The zero-order valence-corrected chi connectivity index (χ0v) is 13.5. The van der Waals surface area contributed by atoms with Crippen molar-refractivity contribution in [2.75, 3.05) is 4.72 Å². The molecule has 0 spiro atoms. The molecule has 9 heteroatoms. The molecular weight excluding hydrogens is 339 g/mol. The molecule has 0 aliphatic carbocycles. The van der Waals surface area contributed by atoms with E-state index in [1.165, 1.54) is 11.3 Å². The summed E-state index contributed by atoms with van der Waals surface area (Å²) in [6.07, 6.45) is 0. The molecule has 114 valence electrons. The van der Waals surface area contributed by atoms with Gasteiger partial charge >= 0.3 is 0 Å². The van der Waals surface area contributed by atoms with Crippen LogP contribution in [0, 0.1) is 19.7 Å². The Kier molecular flexibility index (Phi) is 4.52. The maximum absolute atomic E-state index is 13.6. The molecular formula is C12H12ClFN2O3S2. The van der Waals surface area contributed by atoms with Crippen LogP contribution >= 0.6 is 22.9 Å². The van der Waals surface area contributed by atoms with Gasteiger partial charge in [0.25, 0.3) is 10.0 Å². The number of aliphatic hydroxyl groups is 1. The number of benzene rings is 1. The highest BCUT2D eigenvalue weighted by Crippen LogP contribution is 2.27. The highest BCUT2D eigenvalue weighted by Gasteiger charge is 2.20. The van der Waals surface area contributed by atoms with Crippen molar-refractivity contribution in [2.45, 2.75) is 25.3 Å². The van der Waals surface area contributed by atoms with E-state index in [9.17, 15) is 12.8 Å². The Labute approximate surface area is 130 Å². The fourth-order valence-electron chi connectivity index (χ4n) is 1.58. The second kappa shape index (κ2) is 5.88. The Bertz CT molecular complexity index is 771. The average molecular weight is 351 g/mol. The van der Waals surface area contributed by atoms with Gasteiger partial charge in [-0.15, -0.1) is 11.3 Å². The van der Waals surface area contributed by atoms with Gasteiger partial charge in [0.05, 0.1) is 22.2 Å². The molecule has 0 aliphatic heterocycles. The van der Waals surface area contributed by atoms with Crippen molar-refractivity contribution in [1.82, 2.24) is 4.98 Å². The zero-order valence-electron chi connectivity index (χ0n) is 11.1. The molecule has 0 saturated heterocycles. The maximum atomic E-state index is 13.6. The summed E-state index contributed by atoms with van der Waals surface area (Å²) in [5.74, 6) is -0.907. The molecule has 0 fully saturated rings. The SMILES string of the molecule is Cc1nc(NS(=O)(=O)c2cc(F)c(Cl)c(CO)c2)sc1C. The minimum atomic E-state index is -4.00. The smallest absolute Gasteiger partial charge is 0.263 e. The number of aliphatic hydroxyl groups excluding tert-OH is 1. The van der Waals surface area contributed by atoms with Gasteiger partial charge in [-0.1, -0.05) is 11.6 Å². The van der Waals surface area contributed by atoms with E-state index >= 15 is 0 Å². The van der Waals surface area contributed by atoms with Crippen LogP contribution in [0.1, 0.15) is 16.1 Å². The van der Waals surface area contributed by atoms with Crippen molar-refractivity contribution in [3.8, 4) is 0 Å². The lowest BCUT2D eigenvalue weighted by atomic mass is 10.2. The first-order valence-corrected chi connectivity index (χ1v) is 8.48. The maximum Gasteiger partial charge on any atom is 0.263 e. The van der Waals surface area contributed by atoms with Crippen LogP contribution in [0.3, 0.4) is 0 Å². The number of anilines is 1. The number of aryl methyl sites for hydroxylation is 2. The molecule has 21 heavy (non-hydrogen) atoms. The van der Waals surface area contributed by atoms with Crippen molar-refractivity contribution in [1.29, 1.82) is 0 Å². The topological polar surface area (TPSA) is 79.3 Å². The van der Waals surface area contributed by atoms with Crippen molar-refractivity contribution in [3.05, 3.63) is 39.1 Å². The van der Waals surface area contributed by atoms with Crippen LogP contribution in [-0.2, 0) is 16.6 Å². The van der Waals surface area contributed by atoms with Crippen LogP contribution in [-0.4, -0.2) is 18.5 Å². The zero-order chi connectivity index (χ0) is 15.8. The van der Waals surface area contributed by atoms with E-state index in [-0.39, 0.29) is 20.6 Å². The third-order valence-electron chi connectivity index (χ3n) is 2.81. The standard InChI is InChI=1S/C12H12ClFN2O3S2/c1-6-7(2)20-12(15-6)16-21(18,19)9-3-8(5-17)11(13)10(14)4-9/h3-4,17H,5H2,1-2H3,(H,15,16). The molecule has 0 radical (unpaired) electrons. The van der Waals surface area contributed by atoms with Crippen molar-refractivity contribution in [3.63, 3.8) is 0 Å². The number of sulfonamides is 1. The van der Waals surface area contributed by atoms with E-state index in [1.807, 2.05) is 6.92 Å². The summed E-state index contributed by atoms with van der Waals surface area (Å²) < 4.78 is 40.3. The summed E-state index contributed by atoms with van der Waals surface area (Å²) in [6.45, 7) is 3.01. The lowest BCUT2D eigenvalue weighted by Gasteiger charge is -2.08. The first-order chi connectivity index (χ1) is 9.74. The fourth-order valence-corrected chi connectivity index (χ4v) is 3.86. The minimum Gasteiger partial charge on any atom is -0.392 e. The van der Waals surface area contributed by atoms with Gasteiger partial charge in [0, 0.05) is 10.4 Å². The molecule has 2 N–H and O–H groups in total. The number of aromatic nitrogens is 1. The summed E-state index contributed by atoms with van der Waals surface area (Å²) in [7, 11) is -4.00. The number of nitrogens with zero attached hydrogens (tertiary/aromatic N) is 1. The van der Waals surface area contributed by atoms with Crippen LogP contribution in [0.5, 0.6) is 0 Å². The van der Waals surface area contributed by atoms with Crippen molar-refractivity contribution < 1.29 is 17.9 Å². The normalized spacial score (nSPS) is 11.7. The Morgan fingerprint density at radius 3 is 2.62 bits per heavy atom. The van der Waals surface area contributed by atoms with Gasteiger partial charge in [0.15, 0.2) is 5.13 Å². The number of rotatable bonds is 4. The minimum absolute atomic E-state index is 0.00328. The summed E-state index contributed by atoms with van der Waals surface area (Å²) in [4.78, 5) is 4.62. The summed E-state index contributed by atoms with van der Waals surface area (Å²) in [6, 6.07) is 1.93. The molecule has 2 rings (SSSR count). The number of thiazole rings is 1. The van der Waals surface area contributed by atoms with Gasteiger partial charge in [-0.05, 0) is 26.0 Å². The Hall–Kier alpha value is -1.22. The van der Waals surface area contributed by atoms with Crippen LogP contribution in [0.25, 0.3) is 0 Å². The largest absolute Gasteiger partial charge is 0.392 e. The summed E-state index contributed by atoms with van der Waals surface area (Å²) in [5, 5.41) is 8.99. The van der Waals surface area contributed by atoms with Crippen LogP contribution in [0.15, 0.2) is 17.0 Å². The van der Waals surface area contributed by atoms with E-state index < -0.39 is 22.4 Å². The van der Waals surface area contributed by atoms with Gasteiger partial charge < -0.3 is 5.11 Å². The molecule has 2 aromatic rings. The Balaban J connectivity index is 2.42. The molecule has 0 bridgehead atoms. The second-order valence-electron chi connectivity index (χ2n) is 4.30. The van der Waals surface area contributed by atoms with Crippen molar-refractivity contribution >= 4 is 38.1 Å². The fraction of sp³-hybridized carbons (Fsp3) is 0.250. The predicted octanol–water partition coefficient (Wildman–Crippen LogP) is 2.85. The van der Waals surface area contributed by atoms with E-state index in [2.05, 4.69) is 9.71 Å². The van der Waals surface area contributed by atoms with Crippen LogP contribution in [0.4, 0.5) is 9.52 Å². The molecule has 0 saturated carbocycles. The molecule has 0 atom stereocenters. The molecule has 0 unspecified atom stereocenters. The van der Waals surface area contributed by atoms with Crippen molar-refractivity contribution in [2.24, 2.45) is 0 Å². The molecule has 0 aliphatic rings. The predicted molar refractivity (Wildman–Crippen MR) is 79.7 cm³/mol. The summed E-state index contributed by atoms with van der Waals surface area (Å²) in [5.41, 5.74) is 0.722.